The second kappa shape index (κ2) is 7.79. The van der Waals surface area contributed by atoms with Crippen molar-refractivity contribution in [1.29, 1.82) is 0 Å². The third-order valence-corrected chi connectivity index (χ3v) is 6.66. The van der Waals surface area contributed by atoms with Crippen LogP contribution < -0.4 is 5.32 Å². The molecule has 1 atom stereocenters. The van der Waals surface area contributed by atoms with Gasteiger partial charge in [-0.05, 0) is 12.8 Å². The number of rotatable bonds is 7. The van der Waals surface area contributed by atoms with Crippen LogP contribution in [0, 0.1) is 0 Å². The number of fused-ring (bicyclic) bond motifs is 1. The summed E-state index contributed by atoms with van der Waals surface area (Å²) in [7, 11) is -3.35. The molecule has 0 saturated carbocycles. The fraction of sp³-hybridized carbons (Fsp3) is 0.800. The molecule has 3 rings (SSSR count). The number of aromatic nitrogens is 3. The fourth-order valence-electron chi connectivity index (χ4n) is 3.35. The van der Waals surface area contributed by atoms with Gasteiger partial charge in [0.2, 0.25) is 15.9 Å². The predicted octanol–water partition coefficient (Wildman–Crippen LogP) is -0.329. The number of hydrogen-bond donors (Lipinski definition) is 1. The lowest BCUT2D eigenvalue weighted by molar-refractivity contribution is -0.123. The Labute approximate surface area is 147 Å². The molecule has 0 radical (unpaired) electrons. The Kier molecular flexibility index (Phi) is 5.70. The number of sulfonamides is 1. The van der Waals surface area contributed by atoms with E-state index in [0.717, 1.165) is 31.0 Å². The summed E-state index contributed by atoms with van der Waals surface area (Å²) >= 11 is 0. The second-order valence-corrected chi connectivity index (χ2v) is 8.47. The first-order chi connectivity index (χ1) is 12.0. The molecular formula is C15H25N5O4S. The van der Waals surface area contributed by atoms with Crippen LogP contribution in [0.1, 0.15) is 37.8 Å². The summed E-state index contributed by atoms with van der Waals surface area (Å²) in [6, 6.07) is -0.450. The van der Waals surface area contributed by atoms with Crippen molar-refractivity contribution in [2.45, 2.75) is 51.7 Å². The topological polar surface area (TPSA) is 106 Å². The maximum atomic E-state index is 12.4. The monoisotopic (exact) mass is 371 g/mol. The van der Waals surface area contributed by atoms with Crippen molar-refractivity contribution in [2.24, 2.45) is 0 Å². The van der Waals surface area contributed by atoms with Crippen LogP contribution in [0.4, 0.5) is 0 Å². The molecule has 0 aliphatic carbocycles. The van der Waals surface area contributed by atoms with E-state index in [1.807, 2.05) is 11.5 Å². The van der Waals surface area contributed by atoms with Crippen molar-refractivity contribution in [1.82, 2.24) is 24.4 Å². The normalized spacial score (nSPS) is 21.2. The summed E-state index contributed by atoms with van der Waals surface area (Å²) in [5.74, 6) is 1.59. The number of nitrogens with zero attached hydrogens (tertiary/aromatic N) is 4. The molecule has 1 saturated heterocycles. The van der Waals surface area contributed by atoms with Gasteiger partial charge >= 0.3 is 0 Å². The summed E-state index contributed by atoms with van der Waals surface area (Å²) in [5, 5.41) is 11.0. The highest BCUT2D eigenvalue weighted by Gasteiger charge is 2.33. The average molecular weight is 371 g/mol. The van der Waals surface area contributed by atoms with Crippen LogP contribution in [-0.2, 0) is 39.1 Å². The molecule has 25 heavy (non-hydrogen) atoms. The van der Waals surface area contributed by atoms with Gasteiger partial charge < -0.3 is 14.6 Å². The molecule has 3 heterocycles. The Morgan fingerprint density at radius 3 is 3.00 bits per heavy atom. The minimum atomic E-state index is -3.35. The van der Waals surface area contributed by atoms with Gasteiger partial charge in [-0.2, -0.15) is 4.31 Å². The van der Waals surface area contributed by atoms with E-state index < -0.39 is 16.1 Å². The minimum Gasteiger partial charge on any atom is -0.378 e. The Bertz CT molecular complexity index is 718. The Morgan fingerprint density at radius 1 is 1.36 bits per heavy atom. The van der Waals surface area contributed by atoms with E-state index in [1.165, 1.54) is 4.31 Å². The van der Waals surface area contributed by atoms with Crippen LogP contribution >= 0.6 is 0 Å². The van der Waals surface area contributed by atoms with E-state index in [4.69, 9.17) is 4.74 Å². The highest BCUT2D eigenvalue weighted by atomic mass is 32.2. The lowest BCUT2D eigenvalue weighted by atomic mass is 10.2. The number of carbonyl (C=O) groups is 1. The van der Waals surface area contributed by atoms with Crippen LogP contribution in [0.5, 0.6) is 0 Å². The van der Waals surface area contributed by atoms with Crippen LogP contribution in [0.15, 0.2) is 0 Å². The number of aryl methyl sites for hydroxylation is 1. The minimum absolute atomic E-state index is 0.0872. The van der Waals surface area contributed by atoms with Crippen molar-refractivity contribution in [3.63, 3.8) is 0 Å². The maximum Gasteiger partial charge on any atom is 0.222 e. The molecule has 0 unspecified atom stereocenters. The number of nitrogens with one attached hydrogen (secondary N) is 1. The van der Waals surface area contributed by atoms with Crippen molar-refractivity contribution in [3.05, 3.63) is 11.6 Å². The molecule has 2 aliphatic heterocycles. The van der Waals surface area contributed by atoms with Gasteiger partial charge in [-0.15, -0.1) is 10.2 Å². The van der Waals surface area contributed by atoms with E-state index >= 15 is 0 Å². The molecule has 1 amide bonds. The zero-order valence-corrected chi connectivity index (χ0v) is 15.3. The second-order valence-electron chi connectivity index (χ2n) is 6.42. The Morgan fingerprint density at radius 2 is 2.20 bits per heavy atom. The summed E-state index contributed by atoms with van der Waals surface area (Å²) in [6.45, 7) is 3.94. The fourth-order valence-corrected chi connectivity index (χ4v) is 5.04. The lowest BCUT2D eigenvalue weighted by Crippen LogP contribution is -2.51. The average Bonchev–Trinajstić information content (AvgIpc) is 3.17. The third-order valence-electron chi connectivity index (χ3n) is 4.54. The van der Waals surface area contributed by atoms with Crippen molar-refractivity contribution >= 4 is 15.9 Å². The van der Waals surface area contributed by atoms with E-state index in [1.54, 1.807) is 0 Å². The smallest absolute Gasteiger partial charge is 0.222 e. The van der Waals surface area contributed by atoms with Gasteiger partial charge in [0, 0.05) is 25.9 Å². The molecule has 0 bridgehead atoms. The molecule has 10 heteroatoms. The molecule has 2 aliphatic rings. The van der Waals surface area contributed by atoms with E-state index in [9.17, 15) is 13.2 Å². The SMILES string of the molecule is CCCS(=O)(=O)N1CCOC[C@@H]1CC(=O)NCc1nnc2n1CCC2. The largest absolute Gasteiger partial charge is 0.378 e. The Balaban J connectivity index is 1.57. The van der Waals surface area contributed by atoms with E-state index in [0.29, 0.717) is 26.1 Å². The van der Waals surface area contributed by atoms with Gasteiger partial charge in [0.05, 0.1) is 31.6 Å². The molecule has 140 valence electrons. The van der Waals surface area contributed by atoms with Gasteiger partial charge in [-0.3, -0.25) is 4.79 Å². The molecule has 1 aromatic rings. The number of amides is 1. The highest BCUT2D eigenvalue weighted by Crippen LogP contribution is 2.17. The van der Waals surface area contributed by atoms with Crippen molar-refractivity contribution in [2.75, 3.05) is 25.5 Å². The lowest BCUT2D eigenvalue weighted by Gasteiger charge is -2.34. The molecular weight excluding hydrogens is 346 g/mol. The Hall–Kier alpha value is -1.52. The van der Waals surface area contributed by atoms with Gasteiger partial charge in [0.25, 0.3) is 0 Å². The molecule has 0 spiro atoms. The summed E-state index contributed by atoms with van der Waals surface area (Å²) in [6.07, 6.45) is 2.61. The summed E-state index contributed by atoms with van der Waals surface area (Å²) < 4.78 is 33.6. The zero-order chi connectivity index (χ0) is 17.9. The molecule has 0 aromatic carbocycles. The summed E-state index contributed by atoms with van der Waals surface area (Å²) in [4.78, 5) is 12.3. The zero-order valence-electron chi connectivity index (χ0n) is 14.5. The molecule has 1 N–H and O–H groups in total. The number of carbonyl (C=O) groups excluding carboxylic acids is 1. The van der Waals surface area contributed by atoms with Crippen LogP contribution in [0.3, 0.4) is 0 Å². The van der Waals surface area contributed by atoms with Gasteiger partial charge in [-0.25, -0.2) is 8.42 Å². The maximum absolute atomic E-state index is 12.4. The van der Waals surface area contributed by atoms with E-state index in [-0.39, 0.29) is 24.7 Å². The first kappa shape index (κ1) is 18.3. The molecule has 1 aromatic heterocycles. The van der Waals surface area contributed by atoms with Crippen LogP contribution in [0.25, 0.3) is 0 Å². The highest BCUT2D eigenvalue weighted by molar-refractivity contribution is 7.89. The number of morpholine rings is 1. The number of hydrogen-bond acceptors (Lipinski definition) is 6. The first-order valence-corrected chi connectivity index (χ1v) is 10.4. The van der Waals surface area contributed by atoms with Gasteiger partial charge in [0.1, 0.15) is 5.82 Å². The first-order valence-electron chi connectivity index (χ1n) is 8.76. The third kappa shape index (κ3) is 4.18. The van der Waals surface area contributed by atoms with Gasteiger partial charge in [-0.1, -0.05) is 6.92 Å². The van der Waals surface area contributed by atoms with Crippen LogP contribution in [-0.4, -0.2) is 64.9 Å². The van der Waals surface area contributed by atoms with Crippen molar-refractivity contribution < 1.29 is 17.9 Å². The molecule has 9 nitrogen and oxygen atoms in total. The number of ether oxygens (including phenoxy) is 1. The molecule has 1 fully saturated rings. The standard InChI is InChI=1S/C15H25N5O4S/c1-2-8-25(22,23)20-6-7-24-11-12(20)9-15(21)16-10-14-18-17-13-4-3-5-19(13)14/h12H,2-11H2,1H3,(H,16,21)/t12-/m0/s1. The van der Waals surface area contributed by atoms with Gasteiger partial charge in [0.15, 0.2) is 5.82 Å². The van der Waals surface area contributed by atoms with Crippen molar-refractivity contribution in [3.8, 4) is 0 Å². The predicted molar refractivity (Wildman–Crippen MR) is 90.2 cm³/mol. The summed E-state index contributed by atoms with van der Waals surface area (Å²) in [5.41, 5.74) is 0. The van der Waals surface area contributed by atoms with E-state index in [2.05, 4.69) is 15.5 Å². The van der Waals surface area contributed by atoms with Crippen LogP contribution in [0.2, 0.25) is 0 Å². The quantitative estimate of drug-likeness (QED) is 0.703.